The first-order valence-corrected chi connectivity index (χ1v) is 8.03. The van der Waals surface area contributed by atoms with E-state index >= 15 is 0 Å². The Hall–Kier alpha value is -2.40. The topological polar surface area (TPSA) is 59.3 Å². The summed E-state index contributed by atoms with van der Waals surface area (Å²) in [6.45, 7) is 3.17. The zero-order valence-corrected chi connectivity index (χ0v) is 13.1. The fraction of sp³-hybridized carbons (Fsp3) is 0.333. The molecule has 1 fully saturated rings. The first kappa shape index (κ1) is 15.5. The lowest BCUT2D eigenvalue weighted by Gasteiger charge is -2.26. The summed E-state index contributed by atoms with van der Waals surface area (Å²) in [6, 6.07) is 12.6. The third-order valence-corrected chi connectivity index (χ3v) is 4.10. The molecule has 0 spiro atoms. The molecule has 1 aromatic carbocycles. The fourth-order valence-electron chi connectivity index (χ4n) is 2.92. The Labute approximate surface area is 136 Å². The minimum atomic E-state index is -0.393. The molecular weight excluding hydrogens is 290 g/mol. The van der Waals surface area contributed by atoms with E-state index in [0.29, 0.717) is 10.4 Å². The minimum Gasteiger partial charge on any atom is -0.618 e. The van der Waals surface area contributed by atoms with Gasteiger partial charge in [0, 0.05) is 24.4 Å². The molecule has 0 unspecified atom stereocenters. The third-order valence-electron chi connectivity index (χ3n) is 4.10. The van der Waals surface area contributed by atoms with Gasteiger partial charge in [0.25, 0.3) is 5.69 Å². The third kappa shape index (κ3) is 4.07. The summed E-state index contributed by atoms with van der Waals surface area (Å²) in [6.07, 6.45) is 5.16. The maximum absolute atomic E-state index is 12.2. The van der Waals surface area contributed by atoms with Crippen LogP contribution < -0.4 is 10.0 Å². The van der Waals surface area contributed by atoms with E-state index in [-0.39, 0.29) is 5.69 Å². The molecule has 5 nitrogen and oxygen atoms in total. The number of carbonyl (C=O) groups excluding carboxylic acids is 1. The smallest absolute Gasteiger partial charge is 0.321 e. The maximum Gasteiger partial charge on any atom is 0.321 e. The summed E-state index contributed by atoms with van der Waals surface area (Å²) in [5.41, 5.74) is 1.98. The van der Waals surface area contributed by atoms with Crippen LogP contribution in [0.4, 0.5) is 5.69 Å². The second kappa shape index (κ2) is 7.24. The summed E-state index contributed by atoms with van der Waals surface area (Å²) in [4.78, 5) is 14.6. The van der Waals surface area contributed by atoms with E-state index < -0.39 is 5.91 Å². The molecule has 2 aromatic rings. The van der Waals surface area contributed by atoms with E-state index in [9.17, 15) is 10.0 Å². The number of likely N-dealkylation sites (tertiary alicyclic amines) is 1. The molecule has 1 aliphatic heterocycles. The lowest BCUT2D eigenvalue weighted by molar-refractivity contribution is -0.607. The maximum atomic E-state index is 12.2. The van der Waals surface area contributed by atoms with Gasteiger partial charge in [-0.1, -0.05) is 18.6 Å². The van der Waals surface area contributed by atoms with Gasteiger partial charge in [0.2, 0.25) is 0 Å². The van der Waals surface area contributed by atoms with Crippen molar-refractivity contribution in [3.05, 3.63) is 65.1 Å². The molecule has 0 atom stereocenters. The molecule has 1 amide bonds. The van der Waals surface area contributed by atoms with Crippen LogP contribution in [0.5, 0.6) is 0 Å². The summed E-state index contributed by atoms with van der Waals surface area (Å²) in [5.74, 6) is -0.393. The molecule has 1 aromatic heterocycles. The number of carbonyl (C=O) groups is 1. The van der Waals surface area contributed by atoms with Crippen molar-refractivity contribution in [1.29, 1.82) is 0 Å². The molecule has 3 rings (SSSR count). The summed E-state index contributed by atoms with van der Waals surface area (Å²) in [5, 5.41) is 14.4. The number of amides is 1. The van der Waals surface area contributed by atoms with Crippen molar-refractivity contribution in [2.45, 2.75) is 25.8 Å². The highest BCUT2D eigenvalue weighted by Crippen LogP contribution is 2.16. The number of rotatable bonds is 4. The number of aromatic nitrogens is 1. The number of benzene rings is 1. The molecule has 0 radical (unpaired) electrons. The number of hydrogen-bond donors (Lipinski definition) is 1. The van der Waals surface area contributed by atoms with Gasteiger partial charge in [-0.25, -0.2) is 0 Å². The summed E-state index contributed by atoms with van der Waals surface area (Å²) in [7, 11) is 0. The highest BCUT2D eigenvalue weighted by atomic mass is 16.5. The molecule has 5 heteroatoms. The first-order chi connectivity index (χ1) is 11.2. The van der Waals surface area contributed by atoms with Crippen LogP contribution >= 0.6 is 0 Å². The monoisotopic (exact) mass is 311 g/mol. The van der Waals surface area contributed by atoms with Gasteiger partial charge in [-0.3, -0.25) is 9.69 Å². The largest absolute Gasteiger partial charge is 0.618 e. The zero-order valence-electron chi connectivity index (χ0n) is 13.1. The molecule has 0 saturated carbocycles. The summed E-state index contributed by atoms with van der Waals surface area (Å²) < 4.78 is 0.576. The van der Waals surface area contributed by atoms with Crippen molar-refractivity contribution in [2.24, 2.45) is 0 Å². The molecule has 1 N–H and O–H groups in total. The van der Waals surface area contributed by atoms with Crippen LogP contribution in [-0.2, 0) is 6.54 Å². The van der Waals surface area contributed by atoms with Crippen molar-refractivity contribution < 1.29 is 9.52 Å². The number of piperidine rings is 1. The van der Waals surface area contributed by atoms with Crippen LogP contribution in [0, 0.1) is 5.21 Å². The van der Waals surface area contributed by atoms with E-state index in [0.717, 1.165) is 19.6 Å². The van der Waals surface area contributed by atoms with Crippen LogP contribution in [0.3, 0.4) is 0 Å². The lowest BCUT2D eigenvalue weighted by Crippen LogP contribution is -2.36. The van der Waals surface area contributed by atoms with Crippen molar-refractivity contribution in [3.8, 4) is 0 Å². The normalized spacial score (nSPS) is 15.3. The Morgan fingerprint density at radius 3 is 2.74 bits per heavy atom. The quantitative estimate of drug-likeness (QED) is 0.697. The molecule has 0 bridgehead atoms. The zero-order chi connectivity index (χ0) is 16.1. The Morgan fingerprint density at radius 2 is 1.96 bits per heavy atom. The molecule has 23 heavy (non-hydrogen) atoms. The van der Waals surface area contributed by atoms with Crippen molar-refractivity contribution >= 4 is 11.6 Å². The van der Waals surface area contributed by atoms with Crippen LogP contribution in [0.1, 0.15) is 35.3 Å². The van der Waals surface area contributed by atoms with E-state index in [1.165, 1.54) is 37.1 Å². The Kier molecular flexibility index (Phi) is 4.88. The van der Waals surface area contributed by atoms with E-state index in [4.69, 9.17) is 0 Å². The van der Waals surface area contributed by atoms with E-state index in [2.05, 4.69) is 16.3 Å². The standard InChI is InChI=1S/C18H21N3O2/c22-18(17-9-2-5-12-21(17)23)19-16-8-6-7-15(13-16)14-20-10-3-1-4-11-20/h2,5-9,12-13H,1,3-4,10-11,14H2,(H,19,22). The predicted molar refractivity (Wildman–Crippen MR) is 88.9 cm³/mol. The number of nitrogens with zero attached hydrogens (tertiary/aromatic N) is 2. The average Bonchev–Trinajstić information content (AvgIpc) is 2.56. The molecule has 2 heterocycles. The minimum absolute atomic E-state index is 0.0916. The molecular formula is C18H21N3O2. The van der Waals surface area contributed by atoms with Gasteiger partial charge in [-0.15, -0.1) is 0 Å². The number of anilines is 1. The fourth-order valence-corrected chi connectivity index (χ4v) is 2.92. The SMILES string of the molecule is O=C(Nc1cccc(CN2CCCCC2)c1)c1cccc[n+]1[O-]. The number of nitrogens with one attached hydrogen (secondary N) is 1. The van der Waals surface area contributed by atoms with Crippen molar-refractivity contribution in [3.63, 3.8) is 0 Å². The lowest BCUT2D eigenvalue weighted by atomic mass is 10.1. The second-order valence-electron chi connectivity index (χ2n) is 5.90. The van der Waals surface area contributed by atoms with Gasteiger partial charge in [0.05, 0.1) is 0 Å². The van der Waals surface area contributed by atoms with Crippen LogP contribution in [0.25, 0.3) is 0 Å². The highest BCUT2D eigenvalue weighted by Gasteiger charge is 2.15. The van der Waals surface area contributed by atoms with Crippen molar-refractivity contribution in [1.82, 2.24) is 4.90 Å². The van der Waals surface area contributed by atoms with Gasteiger partial charge in [-0.2, -0.15) is 4.73 Å². The Balaban J connectivity index is 1.67. The molecule has 0 aliphatic carbocycles. The van der Waals surface area contributed by atoms with E-state index in [1.807, 2.05) is 18.2 Å². The second-order valence-corrected chi connectivity index (χ2v) is 5.90. The Morgan fingerprint density at radius 1 is 1.13 bits per heavy atom. The van der Waals surface area contributed by atoms with Gasteiger partial charge in [-0.05, 0) is 49.7 Å². The predicted octanol–water partition coefficient (Wildman–Crippen LogP) is 2.56. The van der Waals surface area contributed by atoms with Gasteiger partial charge >= 0.3 is 5.91 Å². The van der Waals surface area contributed by atoms with Crippen molar-refractivity contribution in [2.75, 3.05) is 18.4 Å². The van der Waals surface area contributed by atoms with Crippen LogP contribution in [-0.4, -0.2) is 23.9 Å². The van der Waals surface area contributed by atoms with Gasteiger partial charge in [0.15, 0.2) is 6.20 Å². The van der Waals surface area contributed by atoms with E-state index in [1.54, 1.807) is 12.1 Å². The number of hydrogen-bond acceptors (Lipinski definition) is 3. The number of pyridine rings is 1. The summed E-state index contributed by atoms with van der Waals surface area (Å²) >= 11 is 0. The van der Waals surface area contributed by atoms with Gasteiger partial charge < -0.3 is 10.5 Å². The van der Waals surface area contributed by atoms with Crippen LogP contribution in [0.2, 0.25) is 0 Å². The van der Waals surface area contributed by atoms with Crippen LogP contribution in [0.15, 0.2) is 48.7 Å². The first-order valence-electron chi connectivity index (χ1n) is 8.03. The average molecular weight is 311 g/mol. The van der Waals surface area contributed by atoms with Gasteiger partial charge in [0.1, 0.15) is 0 Å². The Bertz CT molecular complexity index is 681. The molecule has 1 saturated heterocycles. The highest BCUT2D eigenvalue weighted by molar-refractivity contribution is 6.01. The molecule has 1 aliphatic rings. The molecule has 120 valence electrons.